The van der Waals surface area contributed by atoms with Crippen molar-refractivity contribution in [3.8, 4) is 0 Å². The second kappa shape index (κ2) is 11.3. The number of likely N-dealkylation sites (tertiary alicyclic amines) is 1. The molecule has 0 radical (unpaired) electrons. The van der Waals surface area contributed by atoms with Gasteiger partial charge in [-0.05, 0) is 43.4 Å². The number of rotatable bonds is 5. The Labute approximate surface area is 195 Å². The molecule has 0 spiro atoms. The van der Waals surface area contributed by atoms with Gasteiger partial charge < -0.3 is 19.7 Å². The van der Waals surface area contributed by atoms with Crippen LogP contribution in [0.25, 0.3) is 0 Å². The fraction of sp³-hybridized carbons (Fsp3) is 0.636. The molecule has 1 aromatic rings. The number of carbonyl (C=O) groups excluding carboxylic acids is 1. The molecule has 2 fully saturated rings. The Morgan fingerprint density at radius 3 is 2.73 bits per heavy atom. The van der Waals surface area contributed by atoms with Crippen molar-refractivity contribution in [1.82, 2.24) is 10.2 Å². The number of nitrogens with one attached hydrogen (secondary N) is 1. The van der Waals surface area contributed by atoms with E-state index in [1.54, 1.807) is 12.1 Å². The Hall–Kier alpha value is -1.42. The first-order valence-electron chi connectivity index (χ1n) is 10.4. The SMILES string of the molecule is CCNC(=NCC1(c2cccc(F)c2)CCOCC1)N1CC(C)C(C(=O)OC)C1.I. The van der Waals surface area contributed by atoms with E-state index in [4.69, 9.17) is 14.5 Å². The molecular formula is C22H33FIN3O3. The molecule has 0 bridgehead atoms. The van der Waals surface area contributed by atoms with Gasteiger partial charge in [-0.15, -0.1) is 24.0 Å². The van der Waals surface area contributed by atoms with Crippen molar-refractivity contribution in [1.29, 1.82) is 0 Å². The number of hydrogen-bond donors (Lipinski definition) is 1. The van der Waals surface area contributed by atoms with Gasteiger partial charge >= 0.3 is 5.97 Å². The van der Waals surface area contributed by atoms with Crippen LogP contribution < -0.4 is 5.32 Å². The highest BCUT2D eigenvalue weighted by Crippen LogP contribution is 2.36. The Kier molecular flexibility index (Phi) is 9.33. The number of halogens is 2. The Morgan fingerprint density at radius 1 is 1.37 bits per heavy atom. The maximum Gasteiger partial charge on any atom is 0.310 e. The van der Waals surface area contributed by atoms with Crippen LogP contribution >= 0.6 is 24.0 Å². The summed E-state index contributed by atoms with van der Waals surface area (Å²) in [6.07, 6.45) is 1.61. The molecule has 0 saturated carbocycles. The molecule has 1 N–H and O–H groups in total. The van der Waals surface area contributed by atoms with Gasteiger partial charge in [0.1, 0.15) is 5.82 Å². The molecule has 168 valence electrons. The van der Waals surface area contributed by atoms with Crippen molar-refractivity contribution in [2.45, 2.75) is 32.1 Å². The molecular weight excluding hydrogens is 500 g/mol. The van der Waals surface area contributed by atoms with Crippen molar-refractivity contribution in [3.63, 3.8) is 0 Å². The van der Waals surface area contributed by atoms with Crippen molar-refractivity contribution < 1.29 is 18.7 Å². The molecule has 2 aliphatic rings. The number of ether oxygens (including phenoxy) is 2. The third-order valence-corrected chi connectivity index (χ3v) is 6.17. The maximum atomic E-state index is 13.9. The van der Waals surface area contributed by atoms with E-state index < -0.39 is 0 Å². The van der Waals surface area contributed by atoms with E-state index in [0.717, 1.165) is 37.5 Å². The van der Waals surface area contributed by atoms with Gasteiger partial charge in [0.15, 0.2) is 5.96 Å². The lowest BCUT2D eigenvalue weighted by molar-refractivity contribution is -0.145. The molecule has 2 saturated heterocycles. The minimum atomic E-state index is -0.242. The predicted octanol–water partition coefficient (Wildman–Crippen LogP) is 3.20. The number of esters is 1. The van der Waals surface area contributed by atoms with E-state index in [1.165, 1.54) is 13.2 Å². The quantitative estimate of drug-likeness (QED) is 0.273. The summed E-state index contributed by atoms with van der Waals surface area (Å²) in [7, 11) is 1.44. The highest BCUT2D eigenvalue weighted by Gasteiger charge is 2.38. The molecule has 0 aliphatic carbocycles. The smallest absolute Gasteiger partial charge is 0.310 e. The fourth-order valence-electron chi connectivity index (χ4n) is 4.37. The zero-order chi connectivity index (χ0) is 20.9. The highest BCUT2D eigenvalue weighted by atomic mass is 127. The third-order valence-electron chi connectivity index (χ3n) is 6.17. The van der Waals surface area contributed by atoms with Gasteiger partial charge in [-0.2, -0.15) is 0 Å². The van der Waals surface area contributed by atoms with E-state index >= 15 is 0 Å². The number of methoxy groups -OCH3 is 1. The van der Waals surface area contributed by atoms with Gasteiger partial charge in [0.2, 0.25) is 0 Å². The highest BCUT2D eigenvalue weighted by molar-refractivity contribution is 14.0. The summed E-state index contributed by atoms with van der Waals surface area (Å²) in [5.41, 5.74) is 0.733. The maximum absolute atomic E-state index is 13.9. The molecule has 6 nitrogen and oxygen atoms in total. The normalized spacial score (nSPS) is 23.6. The Morgan fingerprint density at radius 2 is 2.10 bits per heavy atom. The number of nitrogens with zero attached hydrogens (tertiary/aromatic N) is 2. The van der Waals surface area contributed by atoms with Crippen LogP contribution in [0.3, 0.4) is 0 Å². The summed E-state index contributed by atoms with van der Waals surface area (Å²) in [6.45, 7) is 8.03. The molecule has 0 amide bonds. The molecule has 1 aromatic carbocycles. The standard InChI is InChI=1S/C22H32FN3O3.HI/c1-4-24-21(26-13-16(2)19(14-26)20(27)28-3)25-15-22(8-10-29-11-9-22)17-6-5-7-18(23)12-17;/h5-7,12,16,19H,4,8-11,13-15H2,1-3H3,(H,24,25);1H. The first kappa shape index (κ1) is 24.8. The topological polar surface area (TPSA) is 63.2 Å². The minimum Gasteiger partial charge on any atom is -0.469 e. The number of carbonyl (C=O) groups is 1. The molecule has 8 heteroatoms. The molecule has 2 atom stereocenters. The third kappa shape index (κ3) is 5.63. The van der Waals surface area contributed by atoms with Crippen LogP contribution in [0.2, 0.25) is 0 Å². The average molecular weight is 533 g/mol. The van der Waals surface area contributed by atoms with Crippen LogP contribution in [0, 0.1) is 17.7 Å². The van der Waals surface area contributed by atoms with E-state index in [-0.39, 0.29) is 53.0 Å². The fourth-order valence-corrected chi connectivity index (χ4v) is 4.37. The summed E-state index contributed by atoms with van der Waals surface area (Å²) in [4.78, 5) is 19.2. The van der Waals surface area contributed by atoms with Gasteiger partial charge in [0.05, 0.1) is 19.6 Å². The van der Waals surface area contributed by atoms with E-state index in [9.17, 15) is 9.18 Å². The van der Waals surface area contributed by atoms with Crippen LogP contribution in [0.1, 0.15) is 32.3 Å². The van der Waals surface area contributed by atoms with Crippen molar-refractivity contribution >= 4 is 35.9 Å². The van der Waals surface area contributed by atoms with Crippen LogP contribution in [0.5, 0.6) is 0 Å². The molecule has 2 unspecified atom stereocenters. The Bertz CT molecular complexity index is 740. The summed E-state index contributed by atoms with van der Waals surface area (Å²) in [6, 6.07) is 6.85. The zero-order valence-electron chi connectivity index (χ0n) is 18.0. The van der Waals surface area contributed by atoms with Gasteiger partial charge in [0, 0.05) is 38.3 Å². The van der Waals surface area contributed by atoms with E-state index in [0.29, 0.717) is 26.3 Å². The van der Waals surface area contributed by atoms with Crippen molar-refractivity contribution in [2.24, 2.45) is 16.8 Å². The summed E-state index contributed by atoms with van der Waals surface area (Å²) >= 11 is 0. The van der Waals surface area contributed by atoms with Crippen LogP contribution in [-0.4, -0.2) is 63.3 Å². The molecule has 2 aliphatic heterocycles. The molecule has 30 heavy (non-hydrogen) atoms. The first-order chi connectivity index (χ1) is 14.0. The van der Waals surface area contributed by atoms with Crippen LogP contribution in [0.15, 0.2) is 29.3 Å². The lowest BCUT2D eigenvalue weighted by Gasteiger charge is -2.37. The molecule has 3 rings (SSSR count). The number of aliphatic imine (C=N–C) groups is 1. The van der Waals surface area contributed by atoms with Gasteiger partial charge in [-0.3, -0.25) is 9.79 Å². The largest absolute Gasteiger partial charge is 0.469 e. The monoisotopic (exact) mass is 533 g/mol. The molecule has 2 heterocycles. The summed E-state index contributed by atoms with van der Waals surface area (Å²) < 4.78 is 24.5. The number of benzene rings is 1. The zero-order valence-corrected chi connectivity index (χ0v) is 20.4. The predicted molar refractivity (Wildman–Crippen MR) is 126 cm³/mol. The number of hydrogen-bond acceptors (Lipinski definition) is 4. The molecule has 0 aromatic heterocycles. The summed E-state index contributed by atoms with van der Waals surface area (Å²) in [5, 5.41) is 3.36. The average Bonchev–Trinajstić information content (AvgIpc) is 3.12. The summed E-state index contributed by atoms with van der Waals surface area (Å²) in [5.74, 6) is 0.457. The Balaban J connectivity index is 0.00000320. The lowest BCUT2D eigenvalue weighted by Crippen LogP contribution is -2.43. The van der Waals surface area contributed by atoms with Gasteiger partial charge in [-0.1, -0.05) is 19.1 Å². The van der Waals surface area contributed by atoms with E-state index in [1.807, 2.05) is 13.0 Å². The second-order valence-electron chi connectivity index (χ2n) is 8.09. The number of guanidine groups is 1. The lowest BCUT2D eigenvalue weighted by atomic mass is 9.74. The van der Waals surface area contributed by atoms with Gasteiger partial charge in [-0.25, -0.2) is 4.39 Å². The van der Waals surface area contributed by atoms with Crippen LogP contribution in [-0.2, 0) is 19.7 Å². The van der Waals surface area contributed by atoms with Crippen LogP contribution in [0.4, 0.5) is 4.39 Å². The van der Waals surface area contributed by atoms with E-state index in [2.05, 4.69) is 17.1 Å². The van der Waals surface area contributed by atoms with Gasteiger partial charge in [0.25, 0.3) is 0 Å². The first-order valence-corrected chi connectivity index (χ1v) is 10.4. The van der Waals surface area contributed by atoms with Crippen molar-refractivity contribution in [3.05, 3.63) is 35.6 Å². The minimum absolute atomic E-state index is 0. The second-order valence-corrected chi connectivity index (χ2v) is 8.09. The van der Waals surface area contributed by atoms with Crippen molar-refractivity contribution in [2.75, 3.05) is 46.5 Å².